The minimum absolute atomic E-state index is 0.0106. The van der Waals surface area contributed by atoms with Gasteiger partial charge in [-0.25, -0.2) is 0 Å². The van der Waals surface area contributed by atoms with Gasteiger partial charge in [-0.2, -0.15) is 0 Å². The molecule has 1 aromatic heterocycles. The van der Waals surface area contributed by atoms with E-state index in [-0.39, 0.29) is 23.8 Å². The molecule has 1 spiro atoms. The Hall–Kier alpha value is -2.89. The molecule has 1 N–H and O–H groups in total. The normalized spacial score (nSPS) is 25.0. The number of nitrogens with one attached hydrogen (secondary N) is 1. The summed E-state index contributed by atoms with van der Waals surface area (Å²) in [6.45, 7) is 2.53. The molecule has 4 rings (SSSR count). The first-order chi connectivity index (χ1) is 14.0. The highest BCUT2D eigenvalue weighted by Crippen LogP contribution is 2.40. The first-order valence-electron chi connectivity index (χ1n) is 10.2. The molecule has 2 aromatic rings. The molecule has 1 saturated carbocycles. The maximum absolute atomic E-state index is 12.8. The number of fused-ring (bicyclic) bond motifs is 1. The fourth-order valence-electron chi connectivity index (χ4n) is 4.44. The second-order valence-corrected chi connectivity index (χ2v) is 8.23. The smallest absolute Gasteiger partial charge is 0.257 e. The van der Waals surface area contributed by atoms with Crippen molar-refractivity contribution in [2.45, 2.75) is 44.2 Å². The standard InChI is InChI=1S/C23H27N3O3/c1-16(17-9-13-24-14-10-17)25-21(27)18-7-11-23(12-8-18)15-26(2)22(28)19-5-3-4-6-20(19)29-23/h3-6,9-10,13-14,16,18H,7-8,11-12,15H2,1-2H3,(H,25,27)/t16-,18?,23?/m0/s1. The minimum atomic E-state index is -0.426. The predicted molar refractivity (Wildman–Crippen MR) is 110 cm³/mol. The van der Waals surface area contributed by atoms with Crippen LogP contribution in [0.15, 0.2) is 48.8 Å². The van der Waals surface area contributed by atoms with Crippen molar-refractivity contribution >= 4 is 11.8 Å². The number of carbonyl (C=O) groups excluding carboxylic acids is 2. The molecule has 2 heterocycles. The van der Waals surface area contributed by atoms with Crippen LogP contribution in [0.4, 0.5) is 0 Å². The zero-order chi connectivity index (χ0) is 20.4. The monoisotopic (exact) mass is 393 g/mol. The number of benzene rings is 1. The highest BCUT2D eigenvalue weighted by Gasteiger charge is 2.43. The van der Waals surface area contributed by atoms with Crippen molar-refractivity contribution in [3.8, 4) is 5.75 Å². The minimum Gasteiger partial charge on any atom is -0.485 e. The topological polar surface area (TPSA) is 71.5 Å². The number of para-hydroxylation sites is 1. The molecule has 2 aliphatic rings. The summed E-state index contributed by atoms with van der Waals surface area (Å²) in [6.07, 6.45) is 6.47. The molecular formula is C23H27N3O3. The quantitative estimate of drug-likeness (QED) is 0.868. The molecule has 29 heavy (non-hydrogen) atoms. The van der Waals surface area contributed by atoms with Crippen molar-refractivity contribution in [1.82, 2.24) is 15.2 Å². The first-order valence-corrected chi connectivity index (χ1v) is 10.2. The molecule has 2 amide bonds. The van der Waals surface area contributed by atoms with Crippen LogP contribution in [0, 0.1) is 5.92 Å². The number of nitrogens with zero attached hydrogens (tertiary/aromatic N) is 2. The SMILES string of the molecule is C[C@H](NC(=O)C1CCC2(CC1)CN(C)C(=O)c1ccccc1O2)c1ccncc1. The lowest BCUT2D eigenvalue weighted by molar-refractivity contribution is -0.128. The van der Waals surface area contributed by atoms with Crippen molar-refractivity contribution in [2.24, 2.45) is 5.92 Å². The number of pyridine rings is 1. The average Bonchev–Trinajstić information content (AvgIpc) is 2.84. The highest BCUT2D eigenvalue weighted by atomic mass is 16.5. The summed E-state index contributed by atoms with van der Waals surface area (Å²) in [6, 6.07) is 11.2. The maximum Gasteiger partial charge on any atom is 0.257 e. The second-order valence-electron chi connectivity index (χ2n) is 8.23. The van der Waals surface area contributed by atoms with E-state index in [4.69, 9.17) is 4.74 Å². The van der Waals surface area contributed by atoms with Gasteiger partial charge >= 0.3 is 0 Å². The van der Waals surface area contributed by atoms with Crippen LogP contribution in [0.2, 0.25) is 0 Å². The Morgan fingerprint density at radius 2 is 1.90 bits per heavy atom. The van der Waals surface area contributed by atoms with Gasteiger partial charge in [-0.3, -0.25) is 14.6 Å². The van der Waals surface area contributed by atoms with Crippen LogP contribution in [0.5, 0.6) is 5.75 Å². The van der Waals surface area contributed by atoms with Crippen LogP contribution in [0.3, 0.4) is 0 Å². The Kier molecular flexibility index (Phi) is 5.26. The van der Waals surface area contributed by atoms with Gasteiger partial charge in [0.1, 0.15) is 11.4 Å². The Labute approximate surface area is 171 Å². The van der Waals surface area contributed by atoms with Gasteiger partial charge in [-0.05, 0) is 62.4 Å². The van der Waals surface area contributed by atoms with E-state index in [9.17, 15) is 9.59 Å². The molecule has 1 aromatic carbocycles. The summed E-state index contributed by atoms with van der Waals surface area (Å²) in [5, 5.41) is 3.13. The van der Waals surface area contributed by atoms with E-state index in [1.54, 1.807) is 17.3 Å². The number of likely N-dealkylation sites (N-methyl/N-ethyl adjacent to an activating group) is 1. The lowest BCUT2D eigenvalue weighted by atomic mass is 9.77. The summed E-state index contributed by atoms with van der Waals surface area (Å²) in [5.41, 5.74) is 1.23. The summed E-state index contributed by atoms with van der Waals surface area (Å²) < 4.78 is 6.40. The molecule has 0 unspecified atom stereocenters. The number of ether oxygens (including phenoxy) is 1. The summed E-state index contributed by atoms with van der Waals surface area (Å²) >= 11 is 0. The fraction of sp³-hybridized carbons (Fsp3) is 0.435. The van der Waals surface area contributed by atoms with E-state index in [2.05, 4.69) is 10.3 Å². The van der Waals surface area contributed by atoms with Crippen molar-refractivity contribution < 1.29 is 14.3 Å². The van der Waals surface area contributed by atoms with E-state index >= 15 is 0 Å². The van der Waals surface area contributed by atoms with Gasteiger partial charge in [-0.15, -0.1) is 0 Å². The molecular weight excluding hydrogens is 366 g/mol. The molecule has 0 radical (unpaired) electrons. The van der Waals surface area contributed by atoms with Crippen LogP contribution >= 0.6 is 0 Å². The summed E-state index contributed by atoms with van der Waals surface area (Å²) in [7, 11) is 1.82. The van der Waals surface area contributed by atoms with E-state index in [0.29, 0.717) is 17.9 Å². The van der Waals surface area contributed by atoms with Crippen LogP contribution < -0.4 is 10.1 Å². The Bertz CT molecular complexity index is 891. The molecule has 1 fully saturated rings. The Balaban J connectivity index is 1.42. The Morgan fingerprint density at radius 1 is 1.21 bits per heavy atom. The molecule has 1 atom stereocenters. The molecule has 6 nitrogen and oxygen atoms in total. The maximum atomic E-state index is 12.8. The van der Waals surface area contributed by atoms with Gasteiger partial charge in [0.2, 0.25) is 5.91 Å². The van der Waals surface area contributed by atoms with Crippen LogP contribution in [-0.2, 0) is 4.79 Å². The molecule has 0 bridgehead atoms. The average molecular weight is 393 g/mol. The summed E-state index contributed by atoms with van der Waals surface area (Å²) in [5.74, 6) is 0.690. The van der Waals surface area contributed by atoms with Crippen LogP contribution in [-0.4, -0.2) is 40.9 Å². The van der Waals surface area contributed by atoms with Crippen molar-refractivity contribution in [1.29, 1.82) is 0 Å². The predicted octanol–water partition coefficient (Wildman–Crippen LogP) is 3.35. The lowest BCUT2D eigenvalue weighted by Crippen LogP contribution is -2.49. The van der Waals surface area contributed by atoms with E-state index in [1.165, 1.54) is 0 Å². The molecule has 0 saturated heterocycles. The van der Waals surface area contributed by atoms with Gasteiger partial charge in [0.05, 0.1) is 18.2 Å². The molecule has 1 aliphatic carbocycles. The van der Waals surface area contributed by atoms with Gasteiger partial charge in [0, 0.05) is 25.4 Å². The second kappa shape index (κ2) is 7.85. The van der Waals surface area contributed by atoms with Gasteiger partial charge in [0.15, 0.2) is 0 Å². The number of aromatic nitrogens is 1. The van der Waals surface area contributed by atoms with Gasteiger partial charge in [-0.1, -0.05) is 12.1 Å². The third kappa shape index (κ3) is 3.97. The number of hydrogen-bond donors (Lipinski definition) is 1. The van der Waals surface area contributed by atoms with E-state index < -0.39 is 5.60 Å². The zero-order valence-corrected chi connectivity index (χ0v) is 16.9. The lowest BCUT2D eigenvalue weighted by Gasteiger charge is -2.40. The first kappa shape index (κ1) is 19.4. The van der Waals surface area contributed by atoms with E-state index in [0.717, 1.165) is 31.2 Å². The number of amides is 2. The fourth-order valence-corrected chi connectivity index (χ4v) is 4.44. The van der Waals surface area contributed by atoms with Crippen molar-refractivity contribution in [3.05, 3.63) is 59.9 Å². The number of rotatable bonds is 3. The van der Waals surface area contributed by atoms with Crippen LogP contribution in [0.25, 0.3) is 0 Å². The number of hydrogen-bond acceptors (Lipinski definition) is 4. The largest absolute Gasteiger partial charge is 0.485 e. The Morgan fingerprint density at radius 3 is 2.62 bits per heavy atom. The molecule has 6 heteroatoms. The third-order valence-electron chi connectivity index (χ3n) is 6.15. The zero-order valence-electron chi connectivity index (χ0n) is 16.9. The van der Waals surface area contributed by atoms with Gasteiger partial charge < -0.3 is 15.0 Å². The van der Waals surface area contributed by atoms with Crippen molar-refractivity contribution in [2.75, 3.05) is 13.6 Å². The summed E-state index contributed by atoms with van der Waals surface area (Å²) in [4.78, 5) is 31.2. The number of carbonyl (C=O) groups is 2. The highest BCUT2D eigenvalue weighted by molar-refractivity contribution is 5.97. The third-order valence-corrected chi connectivity index (χ3v) is 6.15. The van der Waals surface area contributed by atoms with Gasteiger partial charge in [0.25, 0.3) is 5.91 Å². The molecule has 1 aliphatic heterocycles. The van der Waals surface area contributed by atoms with Crippen molar-refractivity contribution in [3.63, 3.8) is 0 Å². The van der Waals surface area contributed by atoms with Crippen LogP contribution in [0.1, 0.15) is 54.6 Å². The molecule has 152 valence electrons. The van der Waals surface area contributed by atoms with E-state index in [1.807, 2.05) is 50.4 Å².